The fourth-order valence-corrected chi connectivity index (χ4v) is 3.72. The predicted molar refractivity (Wildman–Crippen MR) is 110 cm³/mol. The van der Waals surface area contributed by atoms with Crippen molar-refractivity contribution in [2.45, 2.75) is 59.8 Å². The maximum atomic E-state index is 4.38. The van der Waals surface area contributed by atoms with Crippen LogP contribution in [0.4, 0.5) is 0 Å². The van der Waals surface area contributed by atoms with Crippen molar-refractivity contribution in [2.24, 2.45) is 17.3 Å². The molecule has 2 atom stereocenters. The van der Waals surface area contributed by atoms with E-state index in [1.807, 2.05) is 13.0 Å². The molecule has 0 heteroatoms. The standard InChI is InChI=1S/C24H36/c1-10-11-24(9,21(8)20(7)12-17(2)3)16-22-13-19(6)14-23(15-22)18(4)5/h10,16,18,23H,1-2,6-8,11-15H2,3-5,9H3/b22-16+. The van der Waals surface area contributed by atoms with Crippen molar-refractivity contribution in [3.63, 3.8) is 0 Å². The second kappa shape index (κ2) is 8.51. The molecule has 0 amide bonds. The molecule has 24 heavy (non-hydrogen) atoms. The van der Waals surface area contributed by atoms with Crippen LogP contribution in [0.2, 0.25) is 0 Å². The lowest BCUT2D eigenvalue weighted by Crippen LogP contribution is -2.21. The number of hydrogen-bond acceptors (Lipinski definition) is 0. The van der Waals surface area contributed by atoms with E-state index in [0.717, 1.165) is 42.4 Å². The van der Waals surface area contributed by atoms with Crippen LogP contribution < -0.4 is 0 Å². The number of hydrogen-bond donors (Lipinski definition) is 0. The largest absolute Gasteiger partial charge is 0.103 e. The second-order valence-electron chi connectivity index (χ2n) is 8.27. The van der Waals surface area contributed by atoms with Gasteiger partial charge in [0, 0.05) is 5.41 Å². The quantitative estimate of drug-likeness (QED) is 0.319. The third-order valence-corrected chi connectivity index (χ3v) is 5.22. The molecule has 2 unspecified atom stereocenters. The van der Waals surface area contributed by atoms with E-state index < -0.39 is 0 Å². The van der Waals surface area contributed by atoms with Crippen molar-refractivity contribution in [3.05, 3.63) is 72.9 Å². The molecule has 0 aromatic rings. The predicted octanol–water partition coefficient (Wildman–Crippen LogP) is 7.59. The van der Waals surface area contributed by atoms with E-state index in [1.54, 1.807) is 0 Å². The fourth-order valence-electron chi connectivity index (χ4n) is 3.72. The third-order valence-electron chi connectivity index (χ3n) is 5.22. The first-order chi connectivity index (χ1) is 11.1. The molecule has 1 aliphatic rings. The average Bonchev–Trinajstić information content (AvgIpc) is 2.45. The van der Waals surface area contributed by atoms with Crippen molar-refractivity contribution in [1.82, 2.24) is 0 Å². The van der Waals surface area contributed by atoms with E-state index in [1.165, 1.54) is 17.6 Å². The minimum atomic E-state index is -0.122. The van der Waals surface area contributed by atoms with Gasteiger partial charge in [-0.25, -0.2) is 0 Å². The molecule has 0 saturated heterocycles. The maximum absolute atomic E-state index is 4.38. The van der Waals surface area contributed by atoms with Gasteiger partial charge < -0.3 is 0 Å². The molecule has 1 saturated carbocycles. The Balaban J connectivity index is 3.11. The Labute approximate surface area is 150 Å². The van der Waals surface area contributed by atoms with Crippen molar-refractivity contribution < 1.29 is 0 Å². The molecule has 0 spiro atoms. The van der Waals surface area contributed by atoms with Gasteiger partial charge in [0.05, 0.1) is 0 Å². The van der Waals surface area contributed by atoms with Crippen LogP contribution in [-0.2, 0) is 0 Å². The summed E-state index contributed by atoms with van der Waals surface area (Å²) in [6.07, 6.45) is 9.48. The molecule has 0 aromatic heterocycles. The molecule has 0 nitrogen and oxygen atoms in total. The van der Waals surface area contributed by atoms with Crippen molar-refractivity contribution in [3.8, 4) is 0 Å². The summed E-state index contributed by atoms with van der Waals surface area (Å²) < 4.78 is 0. The first-order valence-corrected chi connectivity index (χ1v) is 9.09. The molecular weight excluding hydrogens is 288 g/mol. The average molecular weight is 325 g/mol. The smallest absolute Gasteiger partial charge is 0.0137 e. The monoisotopic (exact) mass is 324 g/mol. The Bertz CT molecular complexity index is 567. The minimum absolute atomic E-state index is 0.122. The molecule has 0 bridgehead atoms. The van der Waals surface area contributed by atoms with Crippen LogP contribution in [0, 0.1) is 17.3 Å². The molecule has 132 valence electrons. The highest BCUT2D eigenvalue weighted by Crippen LogP contribution is 2.43. The Morgan fingerprint density at radius 3 is 2.38 bits per heavy atom. The number of rotatable bonds is 8. The summed E-state index contributed by atoms with van der Waals surface area (Å²) in [5, 5.41) is 0. The van der Waals surface area contributed by atoms with E-state index in [2.05, 4.69) is 59.7 Å². The molecule has 0 radical (unpaired) electrons. The lowest BCUT2D eigenvalue weighted by atomic mass is 9.71. The zero-order valence-electron chi connectivity index (χ0n) is 16.4. The summed E-state index contributed by atoms with van der Waals surface area (Å²) in [5.41, 5.74) is 6.05. The normalized spacial score (nSPS) is 22.3. The van der Waals surface area contributed by atoms with Gasteiger partial charge in [-0.2, -0.15) is 0 Å². The van der Waals surface area contributed by atoms with Gasteiger partial charge in [-0.3, -0.25) is 0 Å². The Morgan fingerprint density at radius 2 is 1.88 bits per heavy atom. The van der Waals surface area contributed by atoms with Crippen LogP contribution in [0.25, 0.3) is 0 Å². The van der Waals surface area contributed by atoms with Gasteiger partial charge in [-0.05, 0) is 62.0 Å². The van der Waals surface area contributed by atoms with Crippen LogP contribution in [0.5, 0.6) is 0 Å². The van der Waals surface area contributed by atoms with Crippen molar-refractivity contribution in [1.29, 1.82) is 0 Å². The minimum Gasteiger partial charge on any atom is -0.103 e. The van der Waals surface area contributed by atoms with Gasteiger partial charge in [0.2, 0.25) is 0 Å². The Kier molecular flexibility index (Phi) is 7.27. The molecule has 0 aliphatic heterocycles. The zero-order chi connectivity index (χ0) is 18.5. The maximum Gasteiger partial charge on any atom is 0.0137 e. The molecular formula is C24H36. The first-order valence-electron chi connectivity index (χ1n) is 9.09. The molecule has 1 fully saturated rings. The van der Waals surface area contributed by atoms with Crippen LogP contribution in [-0.4, -0.2) is 0 Å². The topological polar surface area (TPSA) is 0 Å². The van der Waals surface area contributed by atoms with E-state index in [-0.39, 0.29) is 5.41 Å². The summed E-state index contributed by atoms with van der Waals surface area (Å²) in [6.45, 7) is 29.8. The third kappa shape index (κ3) is 5.51. The van der Waals surface area contributed by atoms with Crippen molar-refractivity contribution in [2.75, 3.05) is 0 Å². The van der Waals surface area contributed by atoms with Crippen LogP contribution in [0.3, 0.4) is 0 Å². The van der Waals surface area contributed by atoms with E-state index in [4.69, 9.17) is 0 Å². The lowest BCUT2D eigenvalue weighted by molar-refractivity contribution is 0.354. The van der Waals surface area contributed by atoms with Crippen molar-refractivity contribution >= 4 is 0 Å². The summed E-state index contributed by atoms with van der Waals surface area (Å²) in [4.78, 5) is 0. The van der Waals surface area contributed by atoms with Gasteiger partial charge in [0.25, 0.3) is 0 Å². The van der Waals surface area contributed by atoms with E-state index >= 15 is 0 Å². The Hall–Kier alpha value is -1.56. The van der Waals surface area contributed by atoms with Gasteiger partial charge in [-0.1, -0.05) is 76.0 Å². The molecule has 0 heterocycles. The van der Waals surface area contributed by atoms with Gasteiger partial charge >= 0.3 is 0 Å². The summed E-state index contributed by atoms with van der Waals surface area (Å²) in [5.74, 6) is 1.40. The van der Waals surface area contributed by atoms with Crippen LogP contribution >= 0.6 is 0 Å². The highest BCUT2D eigenvalue weighted by molar-refractivity contribution is 5.39. The number of allylic oxidation sites excluding steroid dienone is 7. The second-order valence-corrected chi connectivity index (χ2v) is 8.27. The van der Waals surface area contributed by atoms with E-state index in [0.29, 0.717) is 11.8 Å². The summed E-state index contributed by atoms with van der Waals surface area (Å²) in [6, 6.07) is 0. The van der Waals surface area contributed by atoms with Crippen LogP contribution in [0.15, 0.2) is 72.9 Å². The van der Waals surface area contributed by atoms with Crippen LogP contribution in [0.1, 0.15) is 59.8 Å². The molecule has 1 rings (SSSR count). The van der Waals surface area contributed by atoms with E-state index in [9.17, 15) is 0 Å². The molecule has 1 aliphatic carbocycles. The lowest BCUT2D eigenvalue weighted by Gasteiger charge is -2.34. The van der Waals surface area contributed by atoms with Gasteiger partial charge in [0.1, 0.15) is 0 Å². The Morgan fingerprint density at radius 1 is 1.25 bits per heavy atom. The molecule has 0 N–H and O–H groups in total. The highest BCUT2D eigenvalue weighted by atomic mass is 14.3. The fraction of sp³-hybridized carbons (Fsp3) is 0.500. The highest BCUT2D eigenvalue weighted by Gasteiger charge is 2.29. The summed E-state index contributed by atoms with van der Waals surface area (Å²) in [7, 11) is 0. The first kappa shape index (κ1) is 20.5. The summed E-state index contributed by atoms with van der Waals surface area (Å²) >= 11 is 0. The van der Waals surface area contributed by atoms with Gasteiger partial charge in [0.15, 0.2) is 0 Å². The van der Waals surface area contributed by atoms with Gasteiger partial charge in [-0.15, -0.1) is 6.58 Å². The molecule has 0 aromatic carbocycles. The zero-order valence-corrected chi connectivity index (χ0v) is 16.4. The SMILES string of the molecule is C=CCC(C)(/C=C1\CC(=C)CC(C(C)C)C1)C(=C)C(=C)CC(=C)C.